The summed E-state index contributed by atoms with van der Waals surface area (Å²) in [6.45, 7) is 0.616. The number of nitrogens with zero attached hydrogens (tertiary/aromatic N) is 3. The molecule has 22 heavy (non-hydrogen) atoms. The highest BCUT2D eigenvalue weighted by atomic mass is 35.5. The number of oxazole rings is 1. The first-order valence-electron chi connectivity index (χ1n) is 6.90. The van der Waals surface area contributed by atoms with Gasteiger partial charge >= 0.3 is 0 Å². The summed E-state index contributed by atoms with van der Waals surface area (Å²) in [6.07, 6.45) is 3.49. The summed E-state index contributed by atoms with van der Waals surface area (Å²) in [5, 5.41) is 0.665. The van der Waals surface area contributed by atoms with Crippen molar-refractivity contribution in [1.82, 2.24) is 14.5 Å². The molecule has 108 valence electrons. The third-order valence-electron chi connectivity index (χ3n) is 3.48. The second-order valence-electron chi connectivity index (χ2n) is 5.02. The summed E-state index contributed by atoms with van der Waals surface area (Å²) < 4.78 is 7.61. The Morgan fingerprint density at radius 2 is 2.00 bits per heavy atom. The van der Waals surface area contributed by atoms with E-state index in [1.54, 1.807) is 6.26 Å². The van der Waals surface area contributed by atoms with Crippen LogP contribution in [0, 0.1) is 0 Å². The van der Waals surface area contributed by atoms with E-state index in [2.05, 4.69) is 14.5 Å². The van der Waals surface area contributed by atoms with Crippen molar-refractivity contribution in [2.45, 2.75) is 6.54 Å². The van der Waals surface area contributed by atoms with Crippen molar-refractivity contribution in [1.29, 1.82) is 0 Å². The maximum Gasteiger partial charge on any atom is 0.226 e. The molecule has 5 heteroatoms. The maximum absolute atomic E-state index is 6.00. The van der Waals surface area contributed by atoms with Gasteiger partial charge in [-0.25, -0.2) is 9.97 Å². The van der Waals surface area contributed by atoms with E-state index in [9.17, 15) is 0 Å². The molecule has 0 saturated carbocycles. The topological polar surface area (TPSA) is 43.9 Å². The van der Waals surface area contributed by atoms with Crippen molar-refractivity contribution in [2.24, 2.45) is 0 Å². The SMILES string of the molecule is Clc1cccc(-c2nc(Cn3cnc4ccccc43)co2)c1. The molecule has 0 aliphatic heterocycles. The van der Waals surface area contributed by atoms with Gasteiger partial charge in [0, 0.05) is 10.6 Å². The lowest BCUT2D eigenvalue weighted by Gasteiger charge is -2.00. The van der Waals surface area contributed by atoms with Crippen LogP contribution in [0.1, 0.15) is 5.69 Å². The normalized spacial score (nSPS) is 11.1. The lowest BCUT2D eigenvalue weighted by Crippen LogP contribution is -1.98. The average molecular weight is 310 g/mol. The van der Waals surface area contributed by atoms with E-state index < -0.39 is 0 Å². The summed E-state index contributed by atoms with van der Waals surface area (Å²) in [6, 6.07) is 15.5. The molecule has 0 spiro atoms. The molecule has 0 amide bonds. The first-order chi connectivity index (χ1) is 10.8. The highest BCUT2D eigenvalue weighted by molar-refractivity contribution is 6.30. The van der Waals surface area contributed by atoms with Crippen molar-refractivity contribution >= 4 is 22.6 Å². The molecule has 2 aromatic heterocycles. The number of benzene rings is 2. The number of aromatic nitrogens is 3. The Balaban J connectivity index is 1.65. The molecular formula is C17H12ClN3O. The van der Waals surface area contributed by atoms with Crippen molar-refractivity contribution in [2.75, 3.05) is 0 Å². The molecule has 4 aromatic rings. The fourth-order valence-electron chi connectivity index (χ4n) is 2.44. The Morgan fingerprint density at radius 1 is 1.09 bits per heavy atom. The van der Waals surface area contributed by atoms with E-state index in [4.69, 9.17) is 16.0 Å². The zero-order valence-electron chi connectivity index (χ0n) is 11.6. The third kappa shape index (κ3) is 2.38. The average Bonchev–Trinajstić information content (AvgIpc) is 3.16. The van der Waals surface area contributed by atoms with Gasteiger partial charge < -0.3 is 8.98 Å². The summed E-state index contributed by atoms with van der Waals surface area (Å²) in [7, 11) is 0. The van der Waals surface area contributed by atoms with Gasteiger partial charge in [-0.05, 0) is 30.3 Å². The van der Waals surface area contributed by atoms with Crippen LogP contribution in [0.2, 0.25) is 5.02 Å². The smallest absolute Gasteiger partial charge is 0.226 e. The molecule has 0 bridgehead atoms. The van der Waals surface area contributed by atoms with Crippen LogP contribution < -0.4 is 0 Å². The Morgan fingerprint density at radius 3 is 2.91 bits per heavy atom. The second kappa shape index (κ2) is 5.31. The van der Waals surface area contributed by atoms with Crippen molar-refractivity contribution < 1.29 is 4.42 Å². The van der Waals surface area contributed by atoms with E-state index in [-0.39, 0.29) is 0 Å². The molecule has 0 N–H and O–H groups in total. The van der Waals surface area contributed by atoms with E-state index in [0.717, 1.165) is 22.3 Å². The van der Waals surface area contributed by atoms with Gasteiger partial charge in [0.25, 0.3) is 0 Å². The summed E-state index contributed by atoms with van der Waals surface area (Å²) in [5.74, 6) is 0.571. The zero-order valence-corrected chi connectivity index (χ0v) is 12.4. The molecule has 0 aliphatic carbocycles. The zero-order chi connectivity index (χ0) is 14.9. The maximum atomic E-state index is 6.00. The fraction of sp³-hybridized carbons (Fsp3) is 0.0588. The molecule has 4 nitrogen and oxygen atoms in total. The van der Waals surface area contributed by atoms with Gasteiger partial charge in [-0.3, -0.25) is 0 Å². The molecule has 0 aliphatic rings. The molecule has 4 rings (SSSR count). The van der Waals surface area contributed by atoms with Crippen LogP contribution in [0.25, 0.3) is 22.5 Å². The Labute approximate surface area is 132 Å². The third-order valence-corrected chi connectivity index (χ3v) is 3.72. The minimum atomic E-state index is 0.571. The first kappa shape index (κ1) is 13.1. The van der Waals surface area contributed by atoms with Crippen LogP contribution >= 0.6 is 11.6 Å². The molecule has 0 atom stereocenters. The number of rotatable bonds is 3. The number of fused-ring (bicyclic) bond motifs is 1. The lowest BCUT2D eigenvalue weighted by atomic mass is 10.2. The van der Waals surface area contributed by atoms with Gasteiger partial charge in [-0.15, -0.1) is 0 Å². The number of hydrogen-bond donors (Lipinski definition) is 0. The van der Waals surface area contributed by atoms with E-state index >= 15 is 0 Å². The number of hydrogen-bond acceptors (Lipinski definition) is 3. The van der Waals surface area contributed by atoms with Gasteiger partial charge in [0.1, 0.15) is 6.26 Å². The lowest BCUT2D eigenvalue weighted by molar-refractivity contribution is 0.571. The Bertz CT molecular complexity index is 942. The Kier molecular flexibility index (Phi) is 3.16. The van der Waals surface area contributed by atoms with Crippen LogP contribution in [0.3, 0.4) is 0 Å². The van der Waals surface area contributed by atoms with E-state index in [1.165, 1.54) is 0 Å². The predicted octanol–water partition coefficient (Wildman–Crippen LogP) is 4.39. The van der Waals surface area contributed by atoms with Crippen LogP contribution in [0.4, 0.5) is 0 Å². The van der Waals surface area contributed by atoms with E-state index in [0.29, 0.717) is 17.5 Å². The molecule has 0 saturated heterocycles. The van der Waals surface area contributed by atoms with Crippen LogP contribution in [-0.2, 0) is 6.54 Å². The summed E-state index contributed by atoms with van der Waals surface area (Å²) in [4.78, 5) is 8.91. The van der Waals surface area contributed by atoms with E-state index in [1.807, 2.05) is 54.9 Å². The molecule has 2 aromatic carbocycles. The quantitative estimate of drug-likeness (QED) is 0.563. The highest BCUT2D eigenvalue weighted by Crippen LogP contribution is 2.22. The fourth-order valence-corrected chi connectivity index (χ4v) is 2.63. The van der Waals surface area contributed by atoms with Crippen LogP contribution in [-0.4, -0.2) is 14.5 Å². The predicted molar refractivity (Wildman–Crippen MR) is 85.8 cm³/mol. The van der Waals surface area contributed by atoms with Crippen molar-refractivity contribution in [3.8, 4) is 11.5 Å². The molecule has 0 unspecified atom stereocenters. The van der Waals surface area contributed by atoms with Crippen LogP contribution in [0.5, 0.6) is 0 Å². The first-order valence-corrected chi connectivity index (χ1v) is 7.27. The van der Waals surface area contributed by atoms with Gasteiger partial charge in [0.05, 0.1) is 29.6 Å². The minimum absolute atomic E-state index is 0.571. The number of halogens is 1. The monoisotopic (exact) mass is 309 g/mol. The minimum Gasteiger partial charge on any atom is -0.444 e. The second-order valence-corrected chi connectivity index (χ2v) is 5.45. The number of para-hydroxylation sites is 2. The standard InChI is InChI=1S/C17H12ClN3O/c18-13-5-3-4-12(8-13)17-20-14(10-22-17)9-21-11-19-15-6-1-2-7-16(15)21/h1-8,10-11H,9H2. The molecular weight excluding hydrogens is 298 g/mol. The van der Waals surface area contributed by atoms with Crippen molar-refractivity contribution in [3.05, 3.63) is 71.8 Å². The summed E-state index contributed by atoms with van der Waals surface area (Å²) in [5.41, 5.74) is 3.77. The molecule has 0 fully saturated rings. The highest BCUT2D eigenvalue weighted by Gasteiger charge is 2.09. The molecule has 2 heterocycles. The van der Waals surface area contributed by atoms with Gasteiger partial charge in [0.15, 0.2) is 0 Å². The van der Waals surface area contributed by atoms with Gasteiger partial charge in [0.2, 0.25) is 5.89 Å². The van der Waals surface area contributed by atoms with Gasteiger partial charge in [-0.2, -0.15) is 0 Å². The van der Waals surface area contributed by atoms with Crippen molar-refractivity contribution in [3.63, 3.8) is 0 Å². The Hall–Kier alpha value is -2.59. The number of imidazole rings is 1. The summed E-state index contributed by atoms with van der Waals surface area (Å²) >= 11 is 6.00. The van der Waals surface area contributed by atoms with Gasteiger partial charge in [-0.1, -0.05) is 29.8 Å². The largest absolute Gasteiger partial charge is 0.444 e. The van der Waals surface area contributed by atoms with Crippen LogP contribution in [0.15, 0.2) is 65.5 Å². The molecule has 0 radical (unpaired) electrons.